The van der Waals surface area contributed by atoms with Crippen LogP contribution in [0.5, 0.6) is 0 Å². The Labute approximate surface area is 80.3 Å². The molecule has 0 spiro atoms. The zero-order valence-corrected chi connectivity index (χ0v) is 7.79. The smallest absolute Gasteiger partial charge is 0.0204 e. The van der Waals surface area contributed by atoms with E-state index in [-0.39, 0.29) is 0 Å². The van der Waals surface area contributed by atoms with Gasteiger partial charge in [-0.25, -0.2) is 0 Å². The molecular weight excluding hydrogens is 156 g/mol. The van der Waals surface area contributed by atoms with Gasteiger partial charge in [0.1, 0.15) is 0 Å². The van der Waals surface area contributed by atoms with E-state index in [4.69, 9.17) is 0 Å². The molecule has 0 aliphatic heterocycles. The highest BCUT2D eigenvalue weighted by molar-refractivity contribution is 5.36. The molecule has 13 heavy (non-hydrogen) atoms. The topological polar surface area (TPSA) is 0 Å². The lowest BCUT2D eigenvalue weighted by Crippen LogP contribution is -2.11. The predicted molar refractivity (Wildman–Crippen MR) is 55.4 cm³/mol. The van der Waals surface area contributed by atoms with Crippen LogP contribution >= 0.6 is 0 Å². The van der Waals surface area contributed by atoms with Gasteiger partial charge >= 0.3 is 0 Å². The van der Waals surface area contributed by atoms with Gasteiger partial charge < -0.3 is 0 Å². The van der Waals surface area contributed by atoms with Crippen molar-refractivity contribution in [2.45, 2.75) is 19.3 Å². The Hall–Kier alpha value is -1.04. The summed E-state index contributed by atoms with van der Waals surface area (Å²) in [7, 11) is 0. The molecule has 66 valence electrons. The first-order valence-electron chi connectivity index (χ1n) is 4.85. The molecule has 1 unspecified atom stereocenters. The Balaban J connectivity index is 2.15. The largest absolute Gasteiger partial charge is 0.103 e. The minimum absolute atomic E-state index is 0.590. The zero-order chi connectivity index (χ0) is 9.10. The van der Waals surface area contributed by atoms with Crippen LogP contribution in [0.4, 0.5) is 0 Å². The third kappa shape index (κ3) is 1.82. The predicted octanol–water partition coefficient (Wildman–Crippen LogP) is 3.25. The van der Waals surface area contributed by atoms with E-state index in [0.29, 0.717) is 5.92 Å². The molecule has 0 fully saturated rings. The molecule has 2 radical (unpaired) electrons. The molecule has 0 bridgehead atoms. The lowest BCUT2D eigenvalue weighted by Gasteiger charge is -2.22. The third-order valence-electron chi connectivity index (χ3n) is 2.59. The molecule has 1 aliphatic rings. The SMILES string of the molecule is C=CCC1[C]c2ccccc2CC1. The molecule has 0 heteroatoms. The number of hydrogen-bond acceptors (Lipinski definition) is 0. The van der Waals surface area contributed by atoms with Gasteiger partial charge in [-0.05, 0) is 36.3 Å². The summed E-state index contributed by atoms with van der Waals surface area (Å²) in [4.78, 5) is 0. The molecule has 0 aromatic heterocycles. The van der Waals surface area contributed by atoms with E-state index in [0.717, 1.165) is 6.42 Å². The second-order valence-corrected chi connectivity index (χ2v) is 3.56. The standard InChI is InChI=1S/C13H14/c1-2-5-11-8-9-12-6-3-4-7-13(12)10-11/h2-4,6-7,11H,1,5,8-9H2. The summed E-state index contributed by atoms with van der Waals surface area (Å²) in [6, 6.07) is 8.55. The van der Waals surface area contributed by atoms with E-state index in [1.54, 1.807) is 0 Å². The summed E-state index contributed by atoms with van der Waals surface area (Å²) in [6.07, 6.45) is 9.00. The fraction of sp³-hybridized carbons (Fsp3) is 0.308. The third-order valence-corrected chi connectivity index (χ3v) is 2.59. The Kier molecular flexibility index (Phi) is 2.49. The van der Waals surface area contributed by atoms with E-state index >= 15 is 0 Å². The number of hydrogen-bond donors (Lipinski definition) is 0. The van der Waals surface area contributed by atoms with Gasteiger partial charge in [-0.1, -0.05) is 30.3 Å². The van der Waals surface area contributed by atoms with Crippen LogP contribution in [0.3, 0.4) is 0 Å². The van der Waals surface area contributed by atoms with E-state index in [2.05, 4.69) is 37.3 Å². The summed E-state index contributed by atoms with van der Waals surface area (Å²) in [6.45, 7) is 3.77. The van der Waals surface area contributed by atoms with Gasteiger partial charge in [0.25, 0.3) is 0 Å². The van der Waals surface area contributed by atoms with Crippen LogP contribution in [0.1, 0.15) is 24.0 Å². The van der Waals surface area contributed by atoms with Crippen molar-refractivity contribution in [2.75, 3.05) is 0 Å². The van der Waals surface area contributed by atoms with Crippen LogP contribution in [0.2, 0.25) is 0 Å². The van der Waals surface area contributed by atoms with Crippen LogP contribution in [-0.2, 0) is 6.42 Å². The van der Waals surface area contributed by atoms with Crippen molar-refractivity contribution >= 4 is 0 Å². The second-order valence-electron chi connectivity index (χ2n) is 3.56. The van der Waals surface area contributed by atoms with Crippen LogP contribution in [0.25, 0.3) is 0 Å². The van der Waals surface area contributed by atoms with Gasteiger partial charge in [-0.15, -0.1) is 6.58 Å². The molecule has 0 N–H and O–H groups in total. The maximum Gasteiger partial charge on any atom is 0.0204 e. The first-order chi connectivity index (χ1) is 6.40. The summed E-state index contributed by atoms with van der Waals surface area (Å²) < 4.78 is 0. The lowest BCUT2D eigenvalue weighted by atomic mass is 9.82. The van der Waals surface area contributed by atoms with Gasteiger partial charge in [0.15, 0.2) is 0 Å². The van der Waals surface area contributed by atoms with Crippen molar-refractivity contribution in [1.29, 1.82) is 0 Å². The van der Waals surface area contributed by atoms with Crippen molar-refractivity contribution in [2.24, 2.45) is 5.92 Å². The van der Waals surface area contributed by atoms with Crippen LogP contribution in [0.15, 0.2) is 36.9 Å². The Bertz CT molecular complexity index is 299. The fourth-order valence-corrected chi connectivity index (χ4v) is 1.88. The van der Waals surface area contributed by atoms with Gasteiger partial charge in [0.2, 0.25) is 0 Å². The molecule has 1 aromatic rings. The maximum absolute atomic E-state index is 3.77. The zero-order valence-electron chi connectivity index (χ0n) is 7.79. The first-order valence-corrected chi connectivity index (χ1v) is 4.85. The second kappa shape index (κ2) is 3.78. The van der Waals surface area contributed by atoms with Crippen molar-refractivity contribution in [3.8, 4) is 0 Å². The van der Waals surface area contributed by atoms with Crippen molar-refractivity contribution in [1.82, 2.24) is 0 Å². The highest BCUT2D eigenvalue weighted by Gasteiger charge is 2.17. The molecule has 0 heterocycles. The molecule has 0 amide bonds. The highest BCUT2D eigenvalue weighted by atomic mass is 14.2. The monoisotopic (exact) mass is 170 g/mol. The summed E-state index contributed by atoms with van der Waals surface area (Å²) in [5.74, 6) is 0.590. The van der Waals surface area contributed by atoms with Crippen LogP contribution in [0, 0.1) is 12.3 Å². The molecule has 0 nitrogen and oxygen atoms in total. The van der Waals surface area contributed by atoms with Crippen molar-refractivity contribution in [3.05, 3.63) is 54.5 Å². The number of fused-ring (bicyclic) bond motifs is 1. The first kappa shape index (κ1) is 8.55. The van der Waals surface area contributed by atoms with Crippen LogP contribution in [-0.4, -0.2) is 0 Å². The molecule has 0 saturated carbocycles. The van der Waals surface area contributed by atoms with Crippen LogP contribution < -0.4 is 0 Å². The van der Waals surface area contributed by atoms with Crippen molar-refractivity contribution < 1.29 is 0 Å². The van der Waals surface area contributed by atoms with Gasteiger partial charge in [-0.2, -0.15) is 0 Å². The summed E-state index contributed by atoms with van der Waals surface area (Å²) in [5, 5.41) is 0. The molecule has 2 rings (SSSR count). The minimum atomic E-state index is 0.590. The average molecular weight is 170 g/mol. The van der Waals surface area contributed by atoms with E-state index in [1.807, 2.05) is 6.08 Å². The Morgan fingerprint density at radius 3 is 3.15 bits per heavy atom. The number of benzene rings is 1. The maximum atomic E-state index is 3.77. The minimum Gasteiger partial charge on any atom is -0.103 e. The quantitative estimate of drug-likeness (QED) is 0.598. The van der Waals surface area contributed by atoms with Crippen molar-refractivity contribution in [3.63, 3.8) is 0 Å². The molecule has 1 aliphatic carbocycles. The Morgan fingerprint density at radius 1 is 1.46 bits per heavy atom. The average Bonchev–Trinajstić information content (AvgIpc) is 2.18. The normalized spacial score (nSPS) is 20.8. The Morgan fingerprint density at radius 2 is 2.31 bits per heavy atom. The molecule has 1 atom stereocenters. The van der Waals surface area contributed by atoms with E-state index < -0.39 is 0 Å². The lowest BCUT2D eigenvalue weighted by molar-refractivity contribution is 0.547. The number of rotatable bonds is 2. The molecule has 1 aromatic carbocycles. The van der Waals surface area contributed by atoms with Gasteiger partial charge in [-0.3, -0.25) is 0 Å². The van der Waals surface area contributed by atoms with E-state index in [9.17, 15) is 0 Å². The highest BCUT2D eigenvalue weighted by Crippen LogP contribution is 2.28. The fourth-order valence-electron chi connectivity index (χ4n) is 1.88. The van der Waals surface area contributed by atoms with E-state index in [1.165, 1.54) is 24.0 Å². The molecular formula is C13H14. The van der Waals surface area contributed by atoms with Gasteiger partial charge in [0, 0.05) is 6.42 Å². The molecule has 0 saturated heterocycles. The summed E-state index contributed by atoms with van der Waals surface area (Å²) in [5.41, 5.74) is 2.75. The number of allylic oxidation sites excluding steroid dienone is 1. The number of aryl methyl sites for hydroxylation is 1. The van der Waals surface area contributed by atoms with Gasteiger partial charge in [0.05, 0.1) is 0 Å². The summed E-state index contributed by atoms with van der Waals surface area (Å²) >= 11 is 0.